The van der Waals surface area contributed by atoms with Crippen LogP contribution in [0.2, 0.25) is 0 Å². The number of carbonyl (C=O) groups excluding carboxylic acids is 3. The van der Waals surface area contributed by atoms with Crippen molar-refractivity contribution in [3.05, 3.63) is 27.3 Å². The number of halogens is 2. The summed E-state index contributed by atoms with van der Waals surface area (Å²) in [6.07, 6.45) is 2.23. The molecule has 3 unspecified atom stereocenters. The molecule has 1 fully saturated rings. The molecule has 1 aliphatic rings. The summed E-state index contributed by atoms with van der Waals surface area (Å²) in [6, 6.07) is 2.72. The van der Waals surface area contributed by atoms with Crippen LogP contribution in [0.1, 0.15) is 31.2 Å². The van der Waals surface area contributed by atoms with Crippen LogP contribution in [0.25, 0.3) is 0 Å². The lowest BCUT2D eigenvalue weighted by Gasteiger charge is -2.28. The Hall–Kier alpha value is -2.12. The van der Waals surface area contributed by atoms with Crippen LogP contribution in [0.4, 0.5) is 0 Å². The van der Waals surface area contributed by atoms with Crippen molar-refractivity contribution in [1.29, 1.82) is 0 Å². The molecule has 0 spiro atoms. The molecular formula is C21H30ClIN6O4. The Labute approximate surface area is 211 Å². The number of likely N-dealkylation sites (tertiary alicyclic amines) is 1. The first-order valence-corrected chi connectivity index (χ1v) is 12.2. The molecular weight excluding hydrogens is 567 g/mol. The zero-order valence-corrected chi connectivity index (χ0v) is 21.1. The van der Waals surface area contributed by atoms with Gasteiger partial charge in [-0.1, -0.05) is 6.07 Å². The number of Topliss-reactive ketones (excluding diaryl/α,β-unsaturated/α-hetero) is 1. The van der Waals surface area contributed by atoms with Gasteiger partial charge in [-0.05, 0) is 72.4 Å². The van der Waals surface area contributed by atoms with Gasteiger partial charge in [0.05, 0.1) is 21.5 Å². The predicted octanol–water partition coefficient (Wildman–Crippen LogP) is 0.204. The summed E-state index contributed by atoms with van der Waals surface area (Å²) in [7, 11) is 0. The van der Waals surface area contributed by atoms with E-state index < -0.39 is 24.0 Å². The molecule has 1 aliphatic heterocycles. The quantitative estimate of drug-likeness (QED) is 0.0797. The van der Waals surface area contributed by atoms with Crippen molar-refractivity contribution in [3.8, 4) is 5.75 Å². The molecule has 8 N–H and O–H groups in total. The van der Waals surface area contributed by atoms with Crippen LogP contribution in [-0.2, 0) is 20.8 Å². The second kappa shape index (κ2) is 12.9. The normalized spacial score (nSPS) is 17.3. The average Bonchev–Trinajstić information content (AvgIpc) is 3.27. The molecule has 3 atom stereocenters. The highest BCUT2D eigenvalue weighted by Crippen LogP contribution is 2.23. The molecule has 0 radical (unpaired) electrons. The van der Waals surface area contributed by atoms with Crippen LogP contribution in [-0.4, -0.2) is 70.7 Å². The van der Waals surface area contributed by atoms with Crippen LogP contribution < -0.4 is 22.5 Å². The first-order chi connectivity index (χ1) is 15.6. The highest BCUT2D eigenvalue weighted by atomic mass is 131. The molecule has 1 saturated heterocycles. The molecule has 0 aromatic heterocycles. The van der Waals surface area contributed by atoms with Gasteiger partial charge in [0.2, 0.25) is 11.8 Å². The molecule has 1 aromatic rings. The number of nitrogens with two attached hydrogens (primary N) is 3. The Morgan fingerprint density at radius 2 is 2.06 bits per heavy atom. The van der Waals surface area contributed by atoms with Crippen LogP contribution in [0.15, 0.2) is 23.2 Å². The van der Waals surface area contributed by atoms with E-state index in [-0.39, 0.29) is 35.7 Å². The van der Waals surface area contributed by atoms with Crippen molar-refractivity contribution in [2.75, 3.05) is 19.0 Å². The maximum Gasteiger partial charge on any atom is 0.243 e. The number of hydrogen-bond donors (Lipinski definition) is 5. The Morgan fingerprint density at radius 1 is 1.33 bits per heavy atom. The number of amides is 2. The smallest absolute Gasteiger partial charge is 0.243 e. The molecule has 0 bridgehead atoms. The molecule has 1 aromatic carbocycles. The monoisotopic (exact) mass is 596 g/mol. The van der Waals surface area contributed by atoms with E-state index in [9.17, 15) is 19.5 Å². The number of rotatable bonds is 11. The lowest BCUT2D eigenvalue weighted by Crippen LogP contribution is -2.54. The summed E-state index contributed by atoms with van der Waals surface area (Å²) in [5.41, 5.74) is 17.6. The number of nitrogens with zero attached hydrogens (tertiary/aromatic N) is 2. The van der Waals surface area contributed by atoms with E-state index in [4.69, 9.17) is 28.8 Å². The van der Waals surface area contributed by atoms with Gasteiger partial charge in [-0.2, -0.15) is 0 Å². The number of benzene rings is 1. The molecule has 33 heavy (non-hydrogen) atoms. The predicted molar refractivity (Wildman–Crippen MR) is 135 cm³/mol. The lowest BCUT2D eigenvalue weighted by molar-refractivity contribution is -0.140. The van der Waals surface area contributed by atoms with Crippen molar-refractivity contribution < 1.29 is 19.5 Å². The van der Waals surface area contributed by atoms with Gasteiger partial charge in [-0.15, -0.1) is 11.6 Å². The van der Waals surface area contributed by atoms with E-state index in [1.807, 2.05) is 22.6 Å². The SMILES string of the molecule is NC(N)=NCCCC(NC(=O)C1CCCN1C(=O)C(N)Cc1ccc(O)c([131I])c1)C(=O)CCl. The van der Waals surface area contributed by atoms with Crippen molar-refractivity contribution in [3.63, 3.8) is 0 Å². The van der Waals surface area contributed by atoms with Crippen molar-refractivity contribution >= 4 is 57.7 Å². The van der Waals surface area contributed by atoms with E-state index in [1.54, 1.807) is 18.2 Å². The molecule has 2 amide bonds. The number of alkyl halides is 1. The molecule has 2 rings (SSSR count). The summed E-state index contributed by atoms with van der Waals surface area (Å²) in [5.74, 6) is -1.17. The Kier molecular flexibility index (Phi) is 10.6. The topological polar surface area (TPSA) is 177 Å². The summed E-state index contributed by atoms with van der Waals surface area (Å²) in [5, 5.41) is 12.4. The van der Waals surface area contributed by atoms with Crippen LogP contribution in [0.3, 0.4) is 0 Å². The fourth-order valence-electron chi connectivity index (χ4n) is 3.71. The van der Waals surface area contributed by atoms with Gasteiger partial charge in [0.1, 0.15) is 11.8 Å². The zero-order valence-electron chi connectivity index (χ0n) is 18.2. The second-order valence-electron chi connectivity index (χ2n) is 7.90. The van der Waals surface area contributed by atoms with Gasteiger partial charge < -0.3 is 32.5 Å². The number of aromatic hydroxyl groups is 1. The number of nitrogens with one attached hydrogen (secondary N) is 1. The highest BCUT2D eigenvalue weighted by Gasteiger charge is 2.37. The zero-order chi connectivity index (χ0) is 24.5. The number of hydrogen-bond acceptors (Lipinski definition) is 6. The Bertz CT molecular complexity index is 896. The molecule has 0 saturated carbocycles. The standard InChI is InChI=1S/C21H30ClIN6O4/c22-11-18(31)15(3-1-7-27-21(25)26)28-19(32)16-4-2-8-29(16)20(33)14(24)10-12-5-6-17(30)13(23)9-12/h5-6,9,14-16,30H,1-4,7-8,10-11,24H2,(H,28,32)(H4,25,26,27)/i23+4. The van der Waals surface area contributed by atoms with E-state index in [0.717, 1.165) is 5.56 Å². The summed E-state index contributed by atoms with van der Waals surface area (Å²) in [6.45, 7) is 0.736. The van der Waals surface area contributed by atoms with Crippen molar-refractivity contribution in [1.82, 2.24) is 10.2 Å². The lowest BCUT2D eigenvalue weighted by atomic mass is 10.0. The molecule has 10 nitrogen and oxygen atoms in total. The van der Waals surface area contributed by atoms with Gasteiger partial charge in [-0.25, -0.2) is 0 Å². The third-order valence-corrected chi connectivity index (χ3v) is 6.53. The molecule has 12 heteroatoms. The third kappa shape index (κ3) is 8.00. The van der Waals surface area contributed by atoms with Gasteiger partial charge in [-0.3, -0.25) is 19.4 Å². The van der Waals surface area contributed by atoms with Crippen LogP contribution >= 0.6 is 34.2 Å². The molecule has 1 heterocycles. The number of guanidine groups is 1. The maximum atomic E-state index is 13.0. The van der Waals surface area contributed by atoms with E-state index in [0.29, 0.717) is 42.3 Å². The van der Waals surface area contributed by atoms with Crippen molar-refractivity contribution in [2.45, 2.75) is 50.2 Å². The maximum absolute atomic E-state index is 13.0. The first kappa shape index (κ1) is 27.1. The van der Waals surface area contributed by atoms with Crippen molar-refractivity contribution in [2.24, 2.45) is 22.2 Å². The summed E-state index contributed by atoms with van der Waals surface area (Å²) >= 11 is 7.71. The third-order valence-electron chi connectivity index (χ3n) is 5.41. The van der Waals surface area contributed by atoms with E-state index >= 15 is 0 Å². The Morgan fingerprint density at radius 3 is 2.70 bits per heavy atom. The fraction of sp³-hybridized carbons (Fsp3) is 0.524. The number of phenolic OH excluding ortho intramolecular Hbond substituents is 1. The molecule has 182 valence electrons. The second-order valence-corrected chi connectivity index (χ2v) is 9.33. The van der Waals surface area contributed by atoms with E-state index in [2.05, 4.69) is 10.3 Å². The van der Waals surface area contributed by atoms with Crippen LogP contribution in [0.5, 0.6) is 5.75 Å². The van der Waals surface area contributed by atoms with Gasteiger partial charge in [0, 0.05) is 13.1 Å². The first-order valence-electron chi connectivity index (χ1n) is 10.6. The number of carbonyl (C=O) groups is 3. The minimum atomic E-state index is -0.835. The summed E-state index contributed by atoms with van der Waals surface area (Å²) in [4.78, 5) is 43.5. The minimum absolute atomic E-state index is 0.0438. The number of ketones is 1. The number of aliphatic imine (C=N–C) groups is 1. The van der Waals surface area contributed by atoms with E-state index in [1.165, 1.54) is 4.90 Å². The van der Waals surface area contributed by atoms with Crippen LogP contribution in [0, 0.1) is 3.57 Å². The molecule has 0 aliphatic carbocycles. The average molecular weight is 597 g/mol. The minimum Gasteiger partial charge on any atom is -0.507 e. The Balaban J connectivity index is 2.01. The summed E-state index contributed by atoms with van der Waals surface area (Å²) < 4.78 is 0.665. The highest BCUT2D eigenvalue weighted by molar-refractivity contribution is 14.1. The largest absolute Gasteiger partial charge is 0.507 e. The van der Waals surface area contributed by atoms with Gasteiger partial charge in [0.15, 0.2) is 11.7 Å². The number of phenols is 1. The van der Waals surface area contributed by atoms with Gasteiger partial charge in [0.25, 0.3) is 0 Å². The van der Waals surface area contributed by atoms with Gasteiger partial charge >= 0.3 is 0 Å². The fourth-order valence-corrected chi connectivity index (χ4v) is 4.48.